The number of ether oxygens (including phenoxy) is 1. The minimum Gasteiger partial charge on any atom is -0.458 e. The Morgan fingerprint density at radius 3 is 2.22 bits per heavy atom. The lowest BCUT2D eigenvalue weighted by molar-refractivity contribution is -0.141. The van der Waals surface area contributed by atoms with Gasteiger partial charge >= 0.3 is 5.97 Å². The van der Waals surface area contributed by atoms with Gasteiger partial charge in [-0.1, -0.05) is 30.3 Å². The molecule has 2 aromatic carbocycles. The van der Waals surface area contributed by atoms with Gasteiger partial charge in [0.2, 0.25) is 0 Å². The number of esters is 1. The number of anilines is 1. The Hall–Kier alpha value is -2.26. The second kappa shape index (κ2) is 11.0. The maximum atomic E-state index is 13.7. The van der Waals surface area contributed by atoms with E-state index in [0.29, 0.717) is 23.0 Å². The Labute approximate surface area is 191 Å². The molecule has 172 valence electrons. The Kier molecular flexibility index (Phi) is 8.42. The van der Waals surface area contributed by atoms with Crippen LogP contribution in [-0.4, -0.2) is 36.0 Å². The van der Waals surface area contributed by atoms with Gasteiger partial charge in [-0.25, -0.2) is 9.18 Å². The van der Waals surface area contributed by atoms with Gasteiger partial charge in [-0.2, -0.15) is 0 Å². The van der Waals surface area contributed by atoms with Crippen molar-refractivity contribution in [2.45, 2.75) is 58.7 Å². The predicted molar refractivity (Wildman–Crippen MR) is 130 cm³/mol. The monoisotopic (exact) mass is 458 g/mol. The summed E-state index contributed by atoms with van der Waals surface area (Å²) in [7, 11) is -1.90. The van der Waals surface area contributed by atoms with E-state index < -0.39 is 7.26 Å². The van der Waals surface area contributed by atoms with Gasteiger partial charge in [0, 0.05) is 12.9 Å². The molecule has 0 bridgehead atoms. The summed E-state index contributed by atoms with van der Waals surface area (Å²) in [6.07, 6.45) is 6.59. The number of rotatable bonds is 7. The van der Waals surface area contributed by atoms with E-state index in [1.165, 1.54) is 12.1 Å². The SMILES string of the molecule is Cc1cc(F)cc(C)c1NC(=O)C(C)[P+]1(CC(=O)OCc2ccccc2)CCCCCC1. The topological polar surface area (TPSA) is 55.4 Å². The minimum absolute atomic E-state index is 0.0751. The Morgan fingerprint density at radius 2 is 1.62 bits per heavy atom. The number of carbonyl (C=O) groups is 2. The lowest BCUT2D eigenvalue weighted by Gasteiger charge is -2.31. The van der Waals surface area contributed by atoms with Gasteiger partial charge < -0.3 is 10.1 Å². The van der Waals surface area contributed by atoms with Crippen LogP contribution in [0.25, 0.3) is 0 Å². The third-order valence-corrected chi connectivity index (χ3v) is 11.8. The van der Waals surface area contributed by atoms with Crippen molar-refractivity contribution in [3.63, 3.8) is 0 Å². The van der Waals surface area contributed by atoms with E-state index in [-0.39, 0.29) is 30.0 Å². The maximum Gasteiger partial charge on any atom is 0.344 e. The summed E-state index contributed by atoms with van der Waals surface area (Å²) in [5, 5.41) is 3.05. The van der Waals surface area contributed by atoms with Crippen LogP contribution in [-0.2, 0) is 20.9 Å². The number of amides is 1. The van der Waals surface area contributed by atoms with Gasteiger partial charge in [-0.15, -0.1) is 0 Å². The zero-order valence-corrected chi connectivity index (χ0v) is 20.2. The quantitative estimate of drug-likeness (QED) is 0.403. The fourth-order valence-electron chi connectivity index (χ4n) is 4.63. The first-order valence-electron chi connectivity index (χ1n) is 11.4. The fraction of sp³-hybridized carbons (Fsp3) is 0.462. The van der Waals surface area contributed by atoms with Gasteiger partial charge in [-0.3, -0.25) is 4.79 Å². The number of aryl methyl sites for hydroxylation is 2. The molecule has 1 aliphatic rings. The molecule has 0 spiro atoms. The molecule has 1 heterocycles. The summed E-state index contributed by atoms with van der Waals surface area (Å²) in [5.74, 6) is -0.591. The molecule has 1 N–H and O–H groups in total. The van der Waals surface area contributed by atoms with E-state index in [0.717, 1.165) is 43.6 Å². The molecular weight excluding hydrogens is 424 g/mol. The van der Waals surface area contributed by atoms with Crippen molar-refractivity contribution in [2.75, 3.05) is 23.8 Å². The highest BCUT2D eigenvalue weighted by Gasteiger charge is 2.49. The Balaban J connectivity index is 1.74. The van der Waals surface area contributed by atoms with Gasteiger partial charge in [-0.05, 0) is 75.3 Å². The van der Waals surface area contributed by atoms with Gasteiger partial charge in [0.05, 0.1) is 12.3 Å². The molecule has 1 aliphatic heterocycles. The summed E-state index contributed by atoms with van der Waals surface area (Å²) in [6, 6.07) is 12.5. The van der Waals surface area contributed by atoms with Crippen LogP contribution in [0.15, 0.2) is 42.5 Å². The maximum absolute atomic E-state index is 13.7. The third-order valence-electron chi connectivity index (χ3n) is 6.59. The van der Waals surface area contributed by atoms with Crippen LogP contribution in [0.4, 0.5) is 10.1 Å². The Bertz CT molecular complexity index is 916. The normalized spacial score (nSPS) is 16.6. The van der Waals surface area contributed by atoms with Crippen molar-refractivity contribution >= 4 is 24.8 Å². The van der Waals surface area contributed by atoms with E-state index in [9.17, 15) is 14.0 Å². The molecule has 32 heavy (non-hydrogen) atoms. The van der Waals surface area contributed by atoms with E-state index in [1.807, 2.05) is 37.3 Å². The van der Waals surface area contributed by atoms with Crippen LogP contribution in [0.2, 0.25) is 0 Å². The van der Waals surface area contributed by atoms with E-state index >= 15 is 0 Å². The molecule has 0 saturated carbocycles. The van der Waals surface area contributed by atoms with E-state index in [2.05, 4.69) is 5.32 Å². The summed E-state index contributed by atoms with van der Waals surface area (Å²) in [5.41, 5.74) is 2.79. The van der Waals surface area contributed by atoms with Crippen molar-refractivity contribution < 1.29 is 18.7 Å². The Morgan fingerprint density at radius 1 is 1.03 bits per heavy atom. The largest absolute Gasteiger partial charge is 0.458 e. The van der Waals surface area contributed by atoms with Crippen LogP contribution in [0, 0.1) is 19.7 Å². The lowest BCUT2D eigenvalue weighted by atomic mass is 10.1. The molecule has 1 fully saturated rings. The molecule has 6 heteroatoms. The van der Waals surface area contributed by atoms with E-state index in [1.54, 1.807) is 13.8 Å². The highest BCUT2D eigenvalue weighted by Crippen LogP contribution is 2.65. The first-order valence-corrected chi connectivity index (χ1v) is 13.8. The first-order chi connectivity index (χ1) is 15.3. The molecule has 1 unspecified atom stereocenters. The van der Waals surface area contributed by atoms with Crippen LogP contribution in [0.3, 0.4) is 0 Å². The van der Waals surface area contributed by atoms with Crippen molar-refractivity contribution in [1.29, 1.82) is 0 Å². The second-order valence-corrected chi connectivity index (χ2v) is 13.4. The highest BCUT2D eigenvalue weighted by atomic mass is 31.2. The van der Waals surface area contributed by atoms with Crippen LogP contribution < -0.4 is 5.32 Å². The van der Waals surface area contributed by atoms with Crippen LogP contribution in [0.1, 0.15) is 49.3 Å². The van der Waals surface area contributed by atoms with E-state index in [4.69, 9.17) is 4.74 Å². The average molecular weight is 459 g/mol. The van der Waals surface area contributed by atoms with Crippen molar-refractivity contribution in [3.05, 3.63) is 65.0 Å². The summed E-state index contributed by atoms with van der Waals surface area (Å²) < 4.78 is 19.3. The molecule has 1 atom stereocenters. The van der Waals surface area contributed by atoms with Gasteiger partial charge in [0.25, 0.3) is 5.91 Å². The predicted octanol–water partition coefficient (Wildman–Crippen LogP) is 6.10. The molecule has 1 amide bonds. The molecule has 0 radical (unpaired) electrons. The van der Waals surface area contributed by atoms with Gasteiger partial charge in [0.15, 0.2) is 6.16 Å². The summed E-state index contributed by atoms with van der Waals surface area (Å²) >= 11 is 0. The minimum atomic E-state index is -1.90. The highest BCUT2D eigenvalue weighted by molar-refractivity contribution is 7.78. The zero-order valence-electron chi connectivity index (χ0n) is 19.3. The van der Waals surface area contributed by atoms with Crippen molar-refractivity contribution in [1.82, 2.24) is 0 Å². The van der Waals surface area contributed by atoms with Crippen LogP contribution in [0.5, 0.6) is 0 Å². The molecule has 1 saturated heterocycles. The van der Waals surface area contributed by atoms with Crippen molar-refractivity contribution in [3.8, 4) is 0 Å². The second-order valence-electron chi connectivity index (χ2n) is 8.96. The number of hydrogen-bond acceptors (Lipinski definition) is 3. The van der Waals surface area contributed by atoms with Crippen LogP contribution >= 0.6 is 7.26 Å². The smallest absolute Gasteiger partial charge is 0.344 e. The standard InChI is InChI=1S/C26H33FNO3P/c1-19-15-23(27)16-20(2)25(19)28-26(30)21(3)32(13-9-4-5-10-14-32)18-24(29)31-17-22-11-7-6-8-12-22/h6-8,11-12,15-16,21H,4-5,9-10,13-14,17-18H2,1-3H3/p+1. The van der Waals surface area contributed by atoms with Crippen molar-refractivity contribution in [2.24, 2.45) is 0 Å². The summed E-state index contributed by atoms with van der Waals surface area (Å²) in [4.78, 5) is 26.2. The third kappa shape index (κ3) is 6.16. The summed E-state index contributed by atoms with van der Waals surface area (Å²) in [6.45, 7) is 5.82. The first kappa shape index (κ1) is 24.4. The molecule has 4 nitrogen and oxygen atoms in total. The number of hydrogen-bond donors (Lipinski definition) is 1. The molecule has 0 aliphatic carbocycles. The number of nitrogens with one attached hydrogen (secondary N) is 1. The number of carbonyl (C=O) groups excluding carboxylic acids is 2. The molecule has 2 aromatic rings. The number of halogens is 1. The molecule has 3 rings (SSSR count). The lowest BCUT2D eigenvalue weighted by Crippen LogP contribution is -2.34. The molecular formula is C26H34FNO3P+. The fourth-order valence-corrected chi connectivity index (χ4v) is 9.09. The number of benzene rings is 2. The average Bonchev–Trinajstić information content (AvgIpc) is 3.01. The van der Waals surface area contributed by atoms with Gasteiger partial charge in [0.1, 0.15) is 18.1 Å². The molecule has 0 aromatic heterocycles. The zero-order chi connectivity index (χ0) is 23.1.